The second-order valence-electron chi connectivity index (χ2n) is 8.36. The third-order valence-electron chi connectivity index (χ3n) is 6.36. The van der Waals surface area contributed by atoms with E-state index in [-0.39, 0.29) is 42.7 Å². The van der Waals surface area contributed by atoms with E-state index in [1.165, 1.54) is 24.6 Å². The number of sulfonamides is 1. The smallest absolute Gasteiger partial charge is 0.253 e. The van der Waals surface area contributed by atoms with Gasteiger partial charge in [-0.3, -0.25) is 9.36 Å². The zero-order chi connectivity index (χ0) is 25.3. The fraction of sp³-hybridized carbons (Fsp3) is 0.231. The fourth-order valence-electron chi connectivity index (χ4n) is 4.37. The molecule has 1 fully saturated rings. The predicted octanol–water partition coefficient (Wildman–Crippen LogP) is 3.19. The number of para-hydroxylation sites is 2. The molecule has 0 atom stereocenters. The number of imidazole rings is 1. The summed E-state index contributed by atoms with van der Waals surface area (Å²) >= 11 is 0. The van der Waals surface area contributed by atoms with Gasteiger partial charge in [0.1, 0.15) is 22.7 Å². The zero-order valence-electron chi connectivity index (χ0n) is 20.0. The van der Waals surface area contributed by atoms with Gasteiger partial charge in [-0.15, -0.1) is 0 Å². The van der Waals surface area contributed by atoms with Crippen LogP contribution in [0.1, 0.15) is 10.4 Å². The number of amides is 1. The Labute approximate surface area is 209 Å². The molecule has 1 amide bonds. The molecule has 4 aromatic rings. The van der Waals surface area contributed by atoms with Gasteiger partial charge in [0.15, 0.2) is 0 Å². The number of hydrogen-bond donors (Lipinski definition) is 0. The van der Waals surface area contributed by atoms with E-state index in [1.54, 1.807) is 35.5 Å². The molecule has 1 aliphatic rings. The molecule has 0 aliphatic carbocycles. The van der Waals surface area contributed by atoms with Crippen molar-refractivity contribution < 1.29 is 22.7 Å². The first kappa shape index (κ1) is 23.8. The van der Waals surface area contributed by atoms with Gasteiger partial charge in [-0.25, -0.2) is 13.4 Å². The van der Waals surface area contributed by atoms with Crippen LogP contribution in [0, 0.1) is 0 Å². The quantitative estimate of drug-likeness (QED) is 0.399. The van der Waals surface area contributed by atoms with E-state index in [4.69, 9.17) is 9.47 Å². The highest BCUT2D eigenvalue weighted by atomic mass is 32.2. The summed E-state index contributed by atoms with van der Waals surface area (Å²) in [6.45, 7) is 0.956. The van der Waals surface area contributed by atoms with Crippen LogP contribution in [0.25, 0.3) is 16.7 Å². The summed E-state index contributed by atoms with van der Waals surface area (Å²) < 4.78 is 40.4. The summed E-state index contributed by atoms with van der Waals surface area (Å²) in [5, 5.41) is 0. The lowest BCUT2D eigenvalue weighted by Gasteiger charge is -2.34. The molecule has 10 heteroatoms. The second-order valence-corrected chi connectivity index (χ2v) is 10.3. The van der Waals surface area contributed by atoms with E-state index in [9.17, 15) is 13.2 Å². The van der Waals surface area contributed by atoms with E-state index in [1.807, 2.05) is 41.0 Å². The first-order chi connectivity index (χ1) is 17.4. The van der Waals surface area contributed by atoms with E-state index < -0.39 is 10.0 Å². The van der Waals surface area contributed by atoms with Crippen LogP contribution in [0.5, 0.6) is 11.5 Å². The van der Waals surface area contributed by atoms with Crippen molar-refractivity contribution >= 4 is 27.0 Å². The Bertz CT molecular complexity index is 1510. The van der Waals surface area contributed by atoms with Crippen molar-refractivity contribution in [1.29, 1.82) is 0 Å². The van der Waals surface area contributed by atoms with Crippen molar-refractivity contribution in [2.24, 2.45) is 0 Å². The Morgan fingerprint density at radius 3 is 2.31 bits per heavy atom. The van der Waals surface area contributed by atoms with E-state index in [0.717, 1.165) is 16.7 Å². The lowest BCUT2D eigenvalue weighted by Crippen LogP contribution is -2.50. The maximum absolute atomic E-state index is 13.3. The molecule has 186 valence electrons. The fourth-order valence-corrected chi connectivity index (χ4v) is 5.96. The van der Waals surface area contributed by atoms with Gasteiger partial charge in [-0.05, 0) is 48.5 Å². The number of hydrogen-bond acceptors (Lipinski definition) is 6. The molecule has 0 unspecified atom stereocenters. The lowest BCUT2D eigenvalue weighted by molar-refractivity contribution is 0.0698. The van der Waals surface area contributed by atoms with Crippen LogP contribution < -0.4 is 9.47 Å². The Hall–Kier alpha value is -3.89. The number of fused-ring (bicyclic) bond motifs is 1. The van der Waals surface area contributed by atoms with E-state index in [2.05, 4.69) is 4.98 Å². The first-order valence-corrected chi connectivity index (χ1v) is 12.9. The average molecular weight is 507 g/mol. The van der Waals surface area contributed by atoms with Crippen molar-refractivity contribution in [2.45, 2.75) is 4.90 Å². The van der Waals surface area contributed by atoms with Gasteiger partial charge in [-0.1, -0.05) is 12.1 Å². The van der Waals surface area contributed by atoms with Gasteiger partial charge >= 0.3 is 0 Å². The predicted molar refractivity (Wildman–Crippen MR) is 135 cm³/mol. The zero-order valence-corrected chi connectivity index (χ0v) is 20.8. The summed E-state index contributed by atoms with van der Waals surface area (Å²) in [5.41, 5.74) is 3.34. The highest BCUT2D eigenvalue weighted by Gasteiger charge is 2.32. The molecule has 1 aromatic heterocycles. The number of carbonyl (C=O) groups excluding carboxylic acids is 1. The van der Waals surface area contributed by atoms with Gasteiger partial charge in [0, 0.05) is 43.5 Å². The van der Waals surface area contributed by atoms with Gasteiger partial charge in [0.25, 0.3) is 5.91 Å². The number of piperazine rings is 1. The third kappa shape index (κ3) is 4.29. The van der Waals surface area contributed by atoms with Gasteiger partial charge in [0.2, 0.25) is 10.0 Å². The van der Waals surface area contributed by atoms with Crippen LogP contribution in [0.15, 0.2) is 78.0 Å². The number of benzene rings is 3. The van der Waals surface area contributed by atoms with Crippen molar-refractivity contribution in [3.8, 4) is 17.2 Å². The van der Waals surface area contributed by atoms with E-state index >= 15 is 0 Å². The summed E-state index contributed by atoms with van der Waals surface area (Å²) in [4.78, 5) is 19.3. The van der Waals surface area contributed by atoms with Gasteiger partial charge in [-0.2, -0.15) is 4.31 Å². The third-order valence-corrected chi connectivity index (χ3v) is 8.28. The minimum absolute atomic E-state index is 0.0479. The number of nitrogens with zero attached hydrogens (tertiary/aromatic N) is 4. The molecule has 0 spiro atoms. The van der Waals surface area contributed by atoms with Gasteiger partial charge < -0.3 is 14.4 Å². The van der Waals surface area contributed by atoms with Crippen molar-refractivity contribution in [3.63, 3.8) is 0 Å². The number of methoxy groups -OCH3 is 2. The number of aromatic nitrogens is 2. The number of carbonyl (C=O) groups is 1. The van der Waals surface area contributed by atoms with Crippen LogP contribution in [-0.4, -0.2) is 73.5 Å². The summed E-state index contributed by atoms with van der Waals surface area (Å²) in [6.07, 6.45) is 1.76. The van der Waals surface area contributed by atoms with Crippen LogP contribution in [-0.2, 0) is 10.0 Å². The average Bonchev–Trinajstić information content (AvgIpc) is 3.36. The molecule has 0 N–H and O–H groups in total. The van der Waals surface area contributed by atoms with Gasteiger partial charge in [0.05, 0.1) is 25.3 Å². The Balaban J connectivity index is 1.28. The summed E-state index contributed by atoms with van der Waals surface area (Å²) in [7, 11) is -0.911. The highest BCUT2D eigenvalue weighted by Crippen LogP contribution is 2.31. The molecule has 5 rings (SSSR count). The maximum atomic E-state index is 13.3. The molecular formula is C26H26N4O5S. The standard InChI is InChI=1S/C26H26N4O5S/c1-34-21-11-12-24(35-2)25(17-21)36(32,33)29-15-13-28(14-16-29)26(31)19-7-9-20(10-8-19)30-18-27-22-5-3-4-6-23(22)30/h3-12,17-18H,13-16H2,1-2H3. The van der Waals surface area contributed by atoms with Crippen molar-refractivity contribution in [1.82, 2.24) is 18.8 Å². The van der Waals surface area contributed by atoms with Crippen molar-refractivity contribution in [2.75, 3.05) is 40.4 Å². The number of rotatable bonds is 6. The Kier molecular flexibility index (Phi) is 6.38. The Morgan fingerprint density at radius 1 is 0.889 bits per heavy atom. The monoisotopic (exact) mass is 506 g/mol. The molecular weight excluding hydrogens is 480 g/mol. The lowest BCUT2D eigenvalue weighted by atomic mass is 10.1. The molecule has 1 aliphatic heterocycles. The largest absolute Gasteiger partial charge is 0.497 e. The molecule has 0 bridgehead atoms. The minimum Gasteiger partial charge on any atom is -0.497 e. The molecule has 3 aromatic carbocycles. The van der Waals surface area contributed by atoms with Crippen LogP contribution in [0.2, 0.25) is 0 Å². The molecule has 2 heterocycles. The van der Waals surface area contributed by atoms with Crippen LogP contribution in [0.4, 0.5) is 0 Å². The molecule has 9 nitrogen and oxygen atoms in total. The van der Waals surface area contributed by atoms with Crippen LogP contribution >= 0.6 is 0 Å². The maximum Gasteiger partial charge on any atom is 0.253 e. The normalized spacial score (nSPS) is 14.7. The van der Waals surface area contributed by atoms with E-state index in [0.29, 0.717) is 11.3 Å². The summed E-state index contributed by atoms with van der Waals surface area (Å²) in [5.74, 6) is 0.545. The summed E-state index contributed by atoms with van der Waals surface area (Å²) in [6, 6.07) is 19.9. The van der Waals surface area contributed by atoms with Crippen molar-refractivity contribution in [3.05, 3.63) is 78.6 Å². The minimum atomic E-state index is -3.82. The number of ether oxygens (including phenoxy) is 2. The second kappa shape index (κ2) is 9.63. The topological polar surface area (TPSA) is 94.0 Å². The SMILES string of the molecule is COc1ccc(OC)c(S(=O)(=O)N2CCN(C(=O)c3ccc(-n4cnc5ccccc54)cc3)CC2)c1. The molecule has 1 saturated heterocycles. The van der Waals surface area contributed by atoms with Crippen LogP contribution in [0.3, 0.4) is 0 Å². The Morgan fingerprint density at radius 2 is 1.61 bits per heavy atom. The highest BCUT2D eigenvalue weighted by molar-refractivity contribution is 7.89. The molecule has 36 heavy (non-hydrogen) atoms. The molecule has 0 radical (unpaired) electrons. The molecule has 0 saturated carbocycles. The first-order valence-electron chi connectivity index (χ1n) is 11.5.